The Morgan fingerprint density at radius 2 is 2.04 bits per heavy atom. The largest absolute Gasteiger partial charge is 0.489 e. The van der Waals surface area contributed by atoms with Gasteiger partial charge >= 0.3 is 0 Å². The van der Waals surface area contributed by atoms with E-state index in [0.29, 0.717) is 47.9 Å². The molecule has 0 bridgehead atoms. The number of fused-ring (bicyclic) bond motifs is 1. The fourth-order valence-corrected chi connectivity index (χ4v) is 2.95. The molecule has 0 atom stereocenters. The molecule has 134 valence electrons. The highest BCUT2D eigenvalue weighted by Gasteiger charge is 2.15. The molecule has 8 heteroatoms. The average Bonchev–Trinajstić information content (AvgIpc) is 2.93. The first-order valence-electron chi connectivity index (χ1n) is 8.37. The minimum Gasteiger partial charge on any atom is -0.489 e. The van der Waals surface area contributed by atoms with Crippen molar-refractivity contribution in [3.05, 3.63) is 52.8 Å². The number of anilines is 1. The normalized spacial score (nSPS) is 13.3. The van der Waals surface area contributed by atoms with Gasteiger partial charge in [0.2, 0.25) is 0 Å². The molecular weight excluding hydrogens is 354 g/mol. The Labute approximate surface area is 155 Å². The van der Waals surface area contributed by atoms with E-state index in [4.69, 9.17) is 21.1 Å². The van der Waals surface area contributed by atoms with E-state index >= 15 is 0 Å². The summed E-state index contributed by atoms with van der Waals surface area (Å²) in [5.74, 6) is 2.64. The van der Waals surface area contributed by atoms with Crippen LogP contribution >= 0.6 is 11.6 Å². The van der Waals surface area contributed by atoms with Crippen LogP contribution in [-0.2, 0) is 6.54 Å². The topological polar surface area (TPSA) is 74.1 Å². The monoisotopic (exact) mass is 371 g/mol. The molecule has 2 aromatic heterocycles. The van der Waals surface area contributed by atoms with Gasteiger partial charge in [-0.3, -0.25) is 0 Å². The summed E-state index contributed by atoms with van der Waals surface area (Å²) in [5, 5.41) is 16.5. The maximum atomic E-state index is 6.32. The van der Waals surface area contributed by atoms with Gasteiger partial charge < -0.3 is 14.8 Å². The molecule has 0 aliphatic carbocycles. The van der Waals surface area contributed by atoms with Gasteiger partial charge in [0, 0.05) is 19.2 Å². The van der Waals surface area contributed by atoms with E-state index in [1.54, 1.807) is 4.68 Å². The fourth-order valence-electron chi connectivity index (χ4n) is 2.66. The van der Waals surface area contributed by atoms with Gasteiger partial charge in [0.05, 0.1) is 23.9 Å². The molecule has 3 heterocycles. The maximum absolute atomic E-state index is 6.32. The summed E-state index contributed by atoms with van der Waals surface area (Å²) >= 11 is 6.32. The number of hydrogen-bond acceptors (Lipinski definition) is 6. The molecular formula is C18H18ClN5O2. The van der Waals surface area contributed by atoms with Gasteiger partial charge in [0.15, 0.2) is 17.3 Å². The Balaban J connectivity index is 1.45. The van der Waals surface area contributed by atoms with Crippen molar-refractivity contribution >= 4 is 17.4 Å². The fraction of sp³-hybridized carbons (Fsp3) is 0.278. The van der Waals surface area contributed by atoms with Crippen molar-refractivity contribution in [3.63, 3.8) is 0 Å². The van der Waals surface area contributed by atoms with Crippen molar-refractivity contribution in [2.75, 3.05) is 18.5 Å². The molecule has 1 N–H and O–H groups in total. The summed E-state index contributed by atoms with van der Waals surface area (Å²) in [6, 6.07) is 9.46. The third kappa shape index (κ3) is 3.57. The third-order valence-corrected chi connectivity index (χ3v) is 4.22. The van der Waals surface area contributed by atoms with Crippen molar-refractivity contribution in [2.24, 2.45) is 0 Å². The predicted molar refractivity (Wildman–Crippen MR) is 98.3 cm³/mol. The number of aromatic nitrogens is 4. The van der Waals surface area contributed by atoms with Crippen LogP contribution in [0.2, 0.25) is 5.02 Å². The molecule has 0 fully saturated rings. The zero-order valence-corrected chi connectivity index (χ0v) is 15.0. The Hall–Kier alpha value is -2.80. The highest BCUT2D eigenvalue weighted by molar-refractivity contribution is 6.32. The molecule has 0 amide bonds. The number of rotatable bonds is 4. The second-order valence-electron chi connectivity index (χ2n) is 5.99. The minimum absolute atomic E-state index is 0.547. The lowest BCUT2D eigenvalue weighted by Gasteiger charge is -2.12. The highest BCUT2D eigenvalue weighted by atomic mass is 35.5. The molecule has 0 saturated carbocycles. The number of nitrogens with one attached hydrogen (secondary N) is 1. The summed E-state index contributed by atoms with van der Waals surface area (Å²) in [6.45, 7) is 3.72. The van der Waals surface area contributed by atoms with Crippen LogP contribution in [0.4, 0.5) is 5.82 Å². The Morgan fingerprint density at radius 3 is 2.81 bits per heavy atom. The zero-order valence-electron chi connectivity index (χ0n) is 14.3. The van der Waals surface area contributed by atoms with E-state index < -0.39 is 0 Å². The Kier molecular flexibility index (Phi) is 4.62. The van der Waals surface area contributed by atoms with E-state index in [2.05, 4.69) is 20.6 Å². The molecule has 26 heavy (non-hydrogen) atoms. The van der Waals surface area contributed by atoms with Gasteiger partial charge in [-0.25, -0.2) is 4.68 Å². The summed E-state index contributed by atoms with van der Waals surface area (Å²) in [5.41, 5.74) is 1.91. The van der Waals surface area contributed by atoms with Gasteiger partial charge in [-0.1, -0.05) is 11.6 Å². The lowest BCUT2D eigenvalue weighted by Crippen LogP contribution is -2.05. The number of benzene rings is 1. The molecule has 1 aliphatic heterocycles. The Morgan fingerprint density at radius 1 is 1.15 bits per heavy atom. The first-order valence-corrected chi connectivity index (χ1v) is 8.75. The summed E-state index contributed by atoms with van der Waals surface area (Å²) in [4.78, 5) is 0. The summed E-state index contributed by atoms with van der Waals surface area (Å²) < 4.78 is 13.0. The van der Waals surface area contributed by atoms with Crippen LogP contribution < -0.4 is 14.8 Å². The van der Waals surface area contributed by atoms with Crippen LogP contribution in [0.25, 0.3) is 5.82 Å². The molecule has 1 aliphatic rings. The average molecular weight is 372 g/mol. The standard InChI is InChI=1S/C18H18ClN5O2/c1-12-5-6-24(23-12)17-4-3-16(21-22-17)20-11-13-9-14(19)18-15(10-13)25-7-2-8-26-18/h3-6,9-10H,2,7-8,11H2,1H3,(H,20,21). The molecule has 0 saturated heterocycles. The number of halogens is 1. The number of nitrogens with zero attached hydrogens (tertiary/aromatic N) is 4. The van der Waals surface area contributed by atoms with Crippen LogP contribution in [0.1, 0.15) is 17.7 Å². The molecule has 4 rings (SSSR count). The maximum Gasteiger partial charge on any atom is 0.179 e. The number of aryl methyl sites for hydroxylation is 1. The van der Waals surface area contributed by atoms with Crippen molar-refractivity contribution in [2.45, 2.75) is 19.9 Å². The van der Waals surface area contributed by atoms with Crippen LogP contribution in [0.15, 0.2) is 36.5 Å². The van der Waals surface area contributed by atoms with Crippen LogP contribution in [0.5, 0.6) is 11.5 Å². The minimum atomic E-state index is 0.547. The van der Waals surface area contributed by atoms with Gasteiger partial charge in [0.25, 0.3) is 0 Å². The van der Waals surface area contributed by atoms with E-state index in [1.165, 1.54) is 0 Å². The second-order valence-corrected chi connectivity index (χ2v) is 6.39. The number of ether oxygens (including phenoxy) is 2. The smallest absolute Gasteiger partial charge is 0.179 e. The van der Waals surface area contributed by atoms with Crippen LogP contribution in [0.3, 0.4) is 0 Å². The lowest BCUT2D eigenvalue weighted by molar-refractivity contribution is 0.297. The SMILES string of the molecule is Cc1ccn(-c2ccc(NCc3cc(Cl)c4c(c3)OCCCO4)nn2)n1. The zero-order chi connectivity index (χ0) is 17.9. The Bertz CT molecular complexity index is 910. The van der Waals surface area contributed by atoms with Crippen LogP contribution in [-0.4, -0.2) is 33.2 Å². The highest BCUT2D eigenvalue weighted by Crippen LogP contribution is 2.38. The van der Waals surface area contributed by atoms with Crippen molar-refractivity contribution in [3.8, 4) is 17.3 Å². The summed E-state index contributed by atoms with van der Waals surface area (Å²) in [6.07, 6.45) is 2.70. The van der Waals surface area contributed by atoms with Gasteiger partial charge in [0.1, 0.15) is 5.82 Å². The first-order chi connectivity index (χ1) is 12.7. The molecule has 3 aromatic rings. The number of hydrogen-bond donors (Lipinski definition) is 1. The van der Waals surface area contributed by atoms with Crippen molar-refractivity contribution < 1.29 is 9.47 Å². The van der Waals surface area contributed by atoms with Crippen molar-refractivity contribution in [1.29, 1.82) is 0 Å². The predicted octanol–water partition coefficient (Wildman–Crippen LogP) is 3.40. The van der Waals surface area contributed by atoms with E-state index in [9.17, 15) is 0 Å². The third-order valence-electron chi connectivity index (χ3n) is 3.94. The second kappa shape index (κ2) is 7.21. The molecule has 7 nitrogen and oxygen atoms in total. The molecule has 0 spiro atoms. The molecule has 1 aromatic carbocycles. The quantitative estimate of drug-likeness (QED) is 0.757. The molecule has 0 radical (unpaired) electrons. The van der Waals surface area contributed by atoms with Gasteiger partial charge in [-0.05, 0) is 42.8 Å². The van der Waals surface area contributed by atoms with Crippen molar-refractivity contribution in [1.82, 2.24) is 20.0 Å². The van der Waals surface area contributed by atoms with E-state index in [-0.39, 0.29) is 0 Å². The van der Waals surface area contributed by atoms with Crippen LogP contribution in [0, 0.1) is 6.92 Å². The lowest BCUT2D eigenvalue weighted by atomic mass is 10.2. The summed E-state index contributed by atoms with van der Waals surface area (Å²) in [7, 11) is 0. The van der Waals surface area contributed by atoms with E-state index in [0.717, 1.165) is 17.7 Å². The van der Waals surface area contributed by atoms with E-state index in [1.807, 2.05) is 43.5 Å². The molecule has 0 unspecified atom stereocenters. The van der Waals surface area contributed by atoms with Gasteiger partial charge in [-0.2, -0.15) is 5.10 Å². The van der Waals surface area contributed by atoms with Gasteiger partial charge in [-0.15, -0.1) is 10.2 Å². The first kappa shape index (κ1) is 16.7.